The quantitative estimate of drug-likeness (QED) is 0.311. The zero-order valence-corrected chi connectivity index (χ0v) is 18.5. The molecule has 1 amide bonds. The minimum absolute atomic E-state index is 0.0174. The molecule has 0 saturated heterocycles. The monoisotopic (exact) mass is 439 g/mol. The summed E-state index contributed by atoms with van der Waals surface area (Å²) in [5.74, 6) is 4.60. The first-order chi connectivity index (χ1) is 15.0. The van der Waals surface area contributed by atoms with E-state index in [0.717, 1.165) is 5.56 Å². The van der Waals surface area contributed by atoms with Crippen LogP contribution in [0.15, 0.2) is 60.1 Å². The number of benzene rings is 1. The third kappa shape index (κ3) is 8.20. The van der Waals surface area contributed by atoms with Crippen LogP contribution < -0.4 is 16.0 Å². The van der Waals surface area contributed by atoms with Crippen molar-refractivity contribution >= 4 is 11.9 Å². The lowest BCUT2D eigenvalue weighted by Gasteiger charge is -2.23. The van der Waals surface area contributed by atoms with E-state index < -0.39 is 12.0 Å². The first-order valence-electron chi connectivity index (χ1n) is 10.0. The van der Waals surface area contributed by atoms with Crippen molar-refractivity contribution in [3.63, 3.8) is 0 Å². The third-order valence-electron chi connectivity index (χ3n) is 4.20. The highest BCUT2D eigenvalue weighted by Gasteiger charge is 2.19. The summed E-state index contributed by atoms with van der Waals surface area (Å²) in [5, 5.41) is 27.3. The smallest absolute Gasteiger partial charge is 0.322 e. The Balaban J connectivity index is 1.78. The van der Waals surface area contributed by atoms with E-state index >= 15 is 0 Å². The van der Waals surface area contributed by atoms with Crippen LogP contribution in [0.25, 0.3) is 0 Å². The number of aliphatic carboxylic acids is 1. The number of ether oxygens (including phenoxy) is 1. The first kappa shape index (κ1) is 24.6. The van der Waals surface area contributed by atoms with E-state index in [0.29, 0.717) is 23.4 Å². The molecule has 8 heteroatoms. The van der Waals surface area contributed by atoms with Crippen molar-refractivity contribution in [2.75, 3.05) is 13.2 Å². The van der Waals surface area contributed by atoms with Crippen molar-refractivity contribution < 1.29 is 24.5 Å². The standard InChI is InChI=1S/C24H29N3O5/c1-16(25-14-21(29)30)22-20(28)12-18(13-26-22)6-5-11-32-15-17-7-9-19(10-8-17)23(31)27-24(2,3)4/h7-10,12-13,22,25-26,28H,1,11,14-15H2,2-4H3,(H,27,31)(H,29,30). The number of rotatable bonds is 8. The second kappa shape index (κ2) is 11.1. The first-order valence-corrected chi connectivity index (χ1v) is 10.0. The molecule has 32 heavy (non-hydrogen) atoms. The molecule has 170 valence electrons. The number of carbonyl (C=O) groups is 2. The topological polar surface area (TPSA) is 120 Å². The van der Waals surface area contributed by atoms with E-state index in [2.05, 4.69) is 34.4 Å². The van der Waals surface area contributed by atoms with E-state index in [1.165, 1.54) is 6.08 Å². The van der Waals surface area contributed by atoms with Gasteiger partial charge in [-0.15, -0.1) is 0 Å². The molecule has 0 spiro atoms. The van der Waals surface area contributed by atoms with Crippen LogP contribution in [0.1, 0.15) is 36.7 Å². The van der Waals surface area contributed by atoms with Crippen LogP contribution in [0, 0.1) is 11.8 Å². The van der Waals surface area contributed by atoms with E-state index in [1.54, 1.807) is 18.3 Å². The number of aliphatic hydroxyl groups excluding tert-OH is 1. The van der Waals surface area contributed by atoms with Crippen molar-refractivity contribution in [2.24, 2.45) is 0 Å². The van der Waals surface area contributed by atoms with Gasteiger partial charge in [0.05, 0.1) is 6.61 Å². The molecule has 5 N–H and O–H groups in total. The van der Waals surface area contributed by atoms with Gasteiger partial charge in [-0.3, -0.25) is 9.59 Å². The SMILES string of the molecule is C=C(NCC(=O)O)C1NC=C(C#CCOCc2ccc(C(=O)NC(C)(C)C)cc2)C=C1O. The largest absolute Gasteiger partial charge is 0.510 e. The second-order valence-electron chi connectivity index (χ2n) is 8.24. The van der Waals surface area contributed by atoms with Crippen LogP contribution in [0.2, 0.25) is 0 Å². The maximum Gasteiger partial charge on any atom is 0.322 e. The normalized spacial score (nSPS) is 15.3. The van der Waals surface area contributed by atoms with Gasteiger partial charge in [0.1, 0.15) is 25.0 Å². The predicted molar refractivity (Wildman–Crippen MR) is 122 cm³/mol. The zero-order valence-electron chi connectivity index (χ0n) is 18.5. The molecule has 0 radical (unpaired) electrons. The van der Waals surface area contributed by atoms with Gasteiger partial charge < -0.3 is 30.9 Å². The molecule has 1 aliphatic heterocycles. The average Bonchev–Trinajstić information content (AvgIpc) is 2.71. The molecule has 2 rings (SSSR count). The number of dihydropyridines is 1. The summed E-state index contributed by atoms with van der Waals surface area (Å²) in [7, 11) is 0. The number of carboxylic acids is 1. The van der Waals surface area contributed by atoms with Gasteiger partial charge in [0, 0.05) is 28.6 Å². The summed E-state index contributed by atoms with van der Waals surface area (Å²) in [5.41, 5.74) is 2.12. The number of allylic oxidation sites excluding steroid dienone is 2. The fourth-order valence-electron chi connectivity index (χ4n) is 2.71. The number of carbonyl (C=O) groups excluding carboxylic acids is 1. The summed E-state index contributed by atoms with van der Waals surface area (Å²) >= 11 is 0. The molecule has 1 aromatic rings. The molecule has 0 bridgehead atoms. The minimum Gasteiger partial charge on any atom is -0.510 e. The van der Waals surface area contributed by atoms with Gasteiger partial charge in [-0.1, -0.05) is 30.6 Å². The van der Waals surface area contributed by atoms with Crippen molar-refractivity contribution in [3.05, 3.63) is 71.3 Å². The lowest BCUT2D eigenvalue weighted by molar-refractivity contribution is -0.135. The van der Waals surface area contributed by atoms with E-state index in [-0.39, 0.29) is 30.4 Å². The third-order valence-corrected chi connectivity index (χ3v) is 4.20. The van der Waals surface area contributed by atoms with Gasteiger partial charge in [-0.05, 0) is 44.5 Å². The van der Waals surface area contributed by atoms with Crippen molar-refractivity contribution in [1.29, 1.82) is 0 Å². The number of nitrogens with one attached hydrogen (secondary N) is 3. The highest BCUT2D eigenvalue weighted by atomic mass is 16.5. The molecule has 0 fully saturated rings. The summed E-state index contributed by atoms with van der Waals surface area (Å²) < 4.78 is 5.55. The fourth-order valence-corrected chi connectivity index (χ4v) is 2.71. The number of aliphatic hydroxyl groups is 1. The maximum absolute atomic E-state index is 12.1. The molecule has 0 saturated carbocycles. The molecule has 1 heterocycles. The second-order valence-corrected chi connectivity index (χ2v) is 8.24. The molecule has 1 unspecified atom stereocenters. The number of amides is 1. The minimum atomic E-state index is -1.02. The molecular formula is C24H29N3O5. The molecule has 0 aromatic heterocycles. The van der Waals surface area contributed by atoms with Crippen LogP contribution >= 0.6 is 0 Å². The molecular weight excluding hydrogens is 410 g/mol. The van der Waals surface area contributed by atoms with Crippen LogP contribution in [-0.2, 0) is 16.1 Å². The maximum atomic E-state index is 12.1. The van der Waals surface area contributed by atoms with Gasteiger partial charge in [0.2, 0.25) is 0 Å². The van der Waals surface area contributed by atoms with E-state index in [4.69, 9.17) is 9.84 Å². The Morgan fingerprint density at radius 3 is 2.53 bits per heavy atom. The van der Waals surface area contributed by atoms with Crippen LogP contribution in [0.5, 0.6) is 0 Å². The Morgan fingerprint density at radius 2 is 1.94 bits per heavy atom. The van der Waals surface area contributed by atoms with Gasteiger partial charge in [-0.25, -0.2) is 0 Å². The number of hydrogen-bond acceptors (Lipinski definition) is 6. The Kier molecular flexibility index (Phi) is 8.50. The van der Waals surface area contributed by atoms with Crippen molar-refractivity contribution in [1.82, 2.24) is 16.0 Å². The van der Waals surface area contributed by atoms with Gasteiger partial charge in [-0.2, -0.15) is 0 Å². The predicted octanol–water partition coefficient (Wildman–Crippen LogP) is 2.22. The van der Waals surface area contributed by atoms with Gasteiger partial charge in [0.25, 0.3) is 5.91 Å². The summed E-state index contributed by atoms with van der Waals surface area (Å²) in [6.07, 6.45) is 3.11. The summed E-state index contributed by atoms with van der Waals surface area (Å²) in [6, 6.07) is 6.57. The summed E-state index contributed by atoms with van der Waals surface area (Å²) in [6.45, 7) is 9.77. The number of hydrogen-bond donors (Lipinski definition) is 5. The van der Waals surface area contributed by atoms with Crippen LogP contribution in [0.3, 0.4) is 0 Å². The van der Waals surface area contributed by atoms with E-state index in [9.17, 15) is 14.7 Å². The molecule has 8 nitrogen and oxygen atoms in total. The Bertz CT molecular complexity index is 976. The highest BCUT2D eigenvalue weighted by Crippen LogP contribution is 2.14. The summed E-state index contributed by atoms with van der Waals surface area (Å²) in [4.78, 5) is 22.7. The number of carboxylic acid groups (broad SMARTS) is 1. The van der Waals surface area contributed by atoms with Crippen molar-refractivity contribution in [2.45, 2.75) is 39.0 Å². The van der Waals surface area contributed by atoms with Gasteiger partial charge >= 0.3 is 5.97 Å². The molecule has 1 aromatic carbocycles. The molecule has 1 atom stereocenters. The van der Waals surface area contributed by atoms with Crippen LogP contribution in [-0.4, -0.2) is 46.8 Å². The van der Waals surface area contributed by atoms with E-state index in [1.807, 2.05) is 32.9 Å². The van der Waals surface area contributed by atoms with Gasteiger partial charge in [0.15, 0.2) is 0 Å². The molecule has 1 aliphatic rings. The zero-order chi connectivity index (χ0) is 23.7. The lowest BCUT2D eigenvalue weighted by Crippen LogP contribution is -2.40. The Morgan fingerprint density at radius 1 is 1.25 bits per heavy atom. The Hall–Kier alpha value is -3.70. The fraction of sp³-hybridized carbons (Fsp3) is 0.333. The van der Waals surface area contributed by atoms with Crippen molar-refractivity contribution in [3.8, 4) is 11.8 Å². The van der Waals surface area contributed by atoms with Crippen LogP contribution in [0.4, 0.5) is 0 Å². The highest BCUT2D eigenvalue weighted by molar-refractivity contribution is 5.94. The Labute approximate surface area is 188 Å². The molecule has 0 aliphatic carbocycles. The average molecular weight is 440 g/mol. The lowest BCUT2D eigenvalue weighted by atomic mass is 10.1.